The van der Waals surface area contributed by atoms with Crippen LogP contribution in [0.2, 0.25) is 5.02 Å². The summed E-state index contributed by atoms with van der Waals surface area (Å²) in [5.74, 6) is -0.348. The van der Waals surface area contributed by atoms with E-state index in [2.05, 4.69) is 10.3 Å². The van der Waals surface area contributed by atoms with Crippen molar-refractivity contribution in [2.45, 2.75) is 13.5 Å². The number of H-pyrrole nitrogens is 1. The van der Waals surface area contributed by atoms with E-state index >= 15 is 0 Å². The highest BCUT2D eigenvalue weighted by Crippen LogP contribution is 2.09. The number of Topliss-reactive ketones (excluding diaryl/α,β-unsaturated/α-hetero) is 1. The van der Waals surface area contributed by atoms with Crippen molar-refractivity contribution in [1.82, 2.24) is 10.3 Å². The molecule has 2 aromatic rings. The summed E-state index contributed by atoms with van der Waals surface area (Å²) >= 11 is 5.78. The van der Waals surface area contributed by atoms with Crippen LogP contribution in [0, 0.1) is 0 Å². The van der Waals surface area contributed by atoms with E-state index in [4.69, 9.17) is 11.6 Å². The van der Waals surface area contributed by atoms with E-state index < -0.39 is 0 Å². The number of benzene rings is 1. The van der Waals surface area contributed by atoms with Crippen molar-refractivity contribution in [1.29, 1.82) is 0 Å². The lowest BCUT2D eigenvalue weighted by molar-refractivity contribution is 0.0946. The highest BCUT2D eigenvalue weighted by Gasteiger charge is 2.09. The van der Waals surface area contributed by atoms with E-state index in [1.807, 2.05) is 12.1 Å². The van der Waals surface area contributed by atoms with Gasteiger partial charge in [-0.25, -0.2) is 0 Å². The van der Waals surface area contributed by atoms with E-state index in [1.54, 1.807) is 24.3 Å². The number of carbonyl (C=O) groups excluding carboxylic acids is 2. The molecule has 0 radical (unpaired) electrons. The zero-order valence-electron chi connectivity index (χ0n) is 10.4. The van der Waals surface area contributed by atoms with Crippen LogP contribution in [0.4, 0.5) is 0 Å². The monoisotopic (exact) mass is 276 g/mol. The Morgan fingerprint density at radius 1 is 1.11 bits per heavy atom. The molecule has 1 heterocycles. The molecule has 0 saturated heterocycles. The molecule has 0 bridgehead atoms. The molecule has 0 atom stereocenters. The van der Waals surface area contributed by atoms with Gasteiger partial charge < -0.3 is 10.3 Å². The number of nitrogens with one attached hydrogen (secondary N) is 2. The maximum atomic E-state index is 11.8. The van der Waals surface area contributed by atoms with Crippen molar-refractivity contribution < 1.29 is 9.59 Å². The molecule has 0 aliphatic rings. The zero-order chi connectivity index (χ0) is 13.8. The minimum atomic E-state index is -0.248. The van der Waals surface area contributed by atoms with Gasteiger partial charge in [-0.1, -0.05) is 23.7 Å². The normalized spacial score (nSPS) is 10.2. The standard InChI is InChI=1S/C14H13ClN2O2/c1-9(18)12-6-7-13(17-12)14(19)16-8-10-2-4-11(15)5-3-10/h2-7,17H,8H2,1H3,(H,16,19). The molecule has 0 aliphatic carbocycles. The van der Waals surface area contributed by atoms with E-state index in [0.29, 0.717) is 23.0 Å². The van der Waals surface area contributed by atoms with Crippen LogP contribution < -0.4 is 5.32 Å². The van der Waals surface area contributed by atoms with Gasteiger partial charge in [0, 0.05) is 18.5 Å². The molecule has 0 unspecified atom stereocenters. The predicted octanol–water partition coefficient (Wildman–Crippen LogP) is 2.80. The van der Waals surface area contributed by atoms with Crippen LogP contribution in [0.1, 0.15) is 33.5 Å². The molecular formula is C14H13ClN2O2. The summed E-state index contributed by atoms with van der Waals surface area (Å²) in [7, 11) is 0. The Morgan fingerprint density at radius 2 is 1.74 bits per heavy atom. The summed E-state index contributed by atoms with van der Waals surface area (Å²) < 4.78 is 0. The average molecular weight is 277 g/mol. The van der Waals surface area contributed by atoms with Crippen molar-refractivity contribution in [3.63, 3.8) is 0 Å². The van der Waals surface area contributed by atoms with E-state index in [1.165, 1.54) is 6.92 Å². The summed E-state index contributed by atoms with van der Waals surface area (Å²) in [5, 5.41) is 3.42. The van der Waals surface area contributed by atoms with Gasteiger partial charge in [-0.2, -0.15) is 0 Å². The van der Waals surface area contributed by atoms with E-state index in [9.17, 15) is 9.59 Å². The number of hydrogen-bond acceptors (Lipinski definition) is 2. The van der Waals surface area contributed by atoms with Crippen molar-refractivity contribution in [3.05, 3.63) is 58.4 Å². The third-order valence-corrected chi connectivity index (χ3v) is 2.93. The number of carbonyl (C=O) groups is 2. The Balaban J connectivity index is 1.97. The predicted molar refractivity (Wildman–Crippen MR) is 73.4 cm³/mol. The molecule has 19 heavy (non-hydrogen) atoms. The van der Waals surface area contributed by atoms with Gasteiger partial charge >= 0.3 is 0 Å². The summed E-state index contributed by atoms with van der Waals surface area (Å²) in [6.45, 7) is 1.85. The fourth-order valence-electron chi connectivity index (χ4n) is 1.61. The first kappa shape index (κ1) is 13.4. The smallest absolute Gasteiger partial charge is 0.267 e. The molecular weight excluding hydrogens is 264 g/mol. The summed E-state index contributed by atoms with van der Waals surface area (Å²) in [4.78, 5) is 25.7. The van der Waals surface area contributed by atoms with Crippen molar-refractivity contribution in [2.75, 3.05) is 0 Å². The number of aromatic amines is 1. The molecule has 0 saturated carbocycles. The minimum absolute atomic E-state index is 0.100. The molecule has 1 aromatic carbocycles. The van der Waals surface area contributed by atoms with Gasteiger partial charge in [0.1, 0.15) is 5.69 Å². The Bertz CT molecular complexity index is 602. The first-order valence-corrected chi connectivity index (χ1v) is 6.16. The quantitative estimate of drug-likeness (QED) is 0.844. The van der Waals surface area contributed by atoms with Crippen LogP contribution in [-0.4, -0.2) is 16.7 Å². The van der Waals surface area contributed by atoms with Gasteiger partial charge in [-0.15, -0.1) is 0 Å². The maximum absolute atomic E-state index is 11.8. The van der Waals surface area contributed by atoms with Crippen LogP contribution >= 0.6 is 11.6 Å². The van der Waals surface area contributed by atoms with Crippen molar-refractivity contribution in [3.8, 4) is 0 Å². The summed E-state index contributed by atoms with van der Waals surface area (Å²) in [6.07, 6.45) is 0. The molecule has 0 spiro atoms. The SMILES string of the molecule is CC(=O)c1ccc(C(=O)NCc2ccc(Cl)cc2)[nH]1. The van der Waals surface area contributed by atoms with Gasteiger partial charge in [0.05, 0.1) is 5.69 Å². The maximum Gasteiger partial charge on any atom is 0.267 e. The molecule has 4 nitrogen and oxygen atoms in total. The second-order valence-electron chi connectivity index (χ2n) is 4.15. The van der Waals surface area contributed by atoms with Gasteiger partial charge in [-0.3, -0.25) is 9.59 Å². The van der Waals surface area contributed by atoms with Gasteiger partial charge in [-0.05, 0) is 29.8 Å². The first-order valence-electron chi connectivity index (χ1n) is 5.79. The topological polar surface area (TPSA) is 62.0 Å². The lowest BCUT2D eigenvalue weighted by Gasteiger charge is -2.04. The second kappa shape index (κ2) is 5.71. The first-order chi connectivity index (χ1) is 9.06. The molecule has 98 valence electrons. The molecule has 5 heteroatoms. The second-order valence-corrected chi connectivity index (χ2v) is 4.59. The molecule has 0 aliphatic heterocycles. The van der Waals surface area contributed by atoms with Crippen molar-refractivity contribution >= 4 is 23.3 Å². The van der Waals surface area contributed by atoms with Crippen LogP contribution in [0.3, 0.4) is 0 Å². The average Bonchev–Trinajstić information content (AvgIpc) is 2.87. The molecule has 1 amide bonds. The third kappa shape index (κ3) is 3.45. The fraction of sp³-hybridized carbons (Fsp3) is 0.143. The Morgan fingerprint density at radius 3 is 2.32 bits per heavy atom. The minimum Gasteiger partial charge on any atom is -0.348 e. The largest absolute Gasteiger partial charge is 0.348 e. The zero-order valence-corrected chi connectivity index (χ0v) is 11.1. The lowest BCUT2D eigenvalue weighted by atomic mass is 10.2. The highest BCUT2D eigenvalue weighted by molar-refractivity contribution is 6.30. The molecule has 2 rings (SSSR count). The number of amides is 1. The van der Waals surface area contributed by atoms with E-state index in [-0.39, 0.29) is 11.7 Å². The van der Waals surface area contributed by atoms with Crippen LogP contribution in [0.25, 0.3) is 0 Å². The van der Waals surface area contributed by atoms with Gasteiger partial charge in [0.25, 0.3) is 5.91 Å². The van der Waals surface area contributed by atoms with Crippen LogP contribution in [0.5, 0.6) is 0 Å². The third-order valence-electron chi connectivity index (χ3n) is 2.68. The summed E-state index contributed by atoms with van der Waals surface area (Å²) in [5.41, 5.74) is 1.76. The molecule has 0 fully saturated rings. The van der Waals surface area contributed by atoms with Gasteiger partial charge in [0.15, 0.2) is 5.78 Å². The number of ketones is 1. The summed E-state index contributed by atoms with van der Waals surface area (Å²) in [6, 6.07) is 10.4. The highest BCUT2D eigenvalue weighted by atomic mass is 35.5. The van der Waals surface area contributed by atoms with Gasteiger partial charge in [0.2, 0.25) is 0 Å². The van der Waals surface area contributed by atoms with Crippen molar-refractivity contribution in [2.24, 2.45) is 0 Å². The number of halogens is 1. The van der Waals surface area contributed by atoms with Crippen LogP contribution in [-0.2, 0) is 6.54 Å². The Labute approximate surface area is 115 Å². The number of aromatic nitrogens is 1. The number of rotatable bonds is 4. The van der Waals surface area contributed by atoms with E-state index in [0.717, 1.165) is 5.56 Å². The Kier molecular flexibility index (Phi) is 4.02. The Hall–Kier alpha value is -2.07. The molecule has 2 N–H and O–H groups in total. The fourth-order valence-corrected chi connectivity index (χ4v) is 1.74. The lowest BCUT2D eigenvalue weighted by Crippen LogP contribution is -2.23. The van der Waals surface area contributed by atoms with Crippen LogP contribution in [0.15, 0.2) is 36.4 Å². The molecule has 1 aromatic heterocycles. The number of hydrogen-bond donors (Lipinski definition) is 2.